The Hall–Kier alpha value is 0.500. The molecule has 102 valence electrons. The minimum absolute atomic E-state index is 0. The zero-order valence-electron chi connectivity index (χ0n) is 10.6. The van der Waals surface area contributed by atoms with Gasteiger partial charge in [0.2, 0.25) is 0 Å². The molecule has 0 amide bonds. The van der Waals surface area contributed by atoms with Crippen molar-refractivity contribution in [1.82, 2.24) is 10.2 Å². The van der Waals surface area contributed by atoms with Crippen LogP contribution in [0.5, 0.6) is 0 Å². The van der Waals surface area contributed by atoms with E-state index in [0.717, 1.165) is 17.9 Å². The summed E-state index contributed by atoms with van der Waals surface area (Å²) in [5, 5.41) is 3.48. The van der Waals surface area contributed by atoms with Gasteiger partial charge in [-0.2, -0.15) is 0 Å². The quantitative estimate of drug-likeness (QED) is 0.837. The number of piperidine rings is 2. The maximum absolute atomic E-state index is 3.48. The molecule has 2 nitrogen and oxygen atoms in total. The molecule has 2 saturated heterocycles. The monoisotopic (exact) mass is 280 g/mol. The topological polar surface area (TPSA) is 15.3 Å². The fourth-order valence-electron chi connectivity index (χ4n) is 3.51. The molecule has 2 heterocycles. The third kappa shape index (κ3) is 3.99. The van der Waals surface area contributed by atoms with Crippen molar-refractivity contribution in [2.24, 2.45) is 11.8 Å². The predicted molar refractivity (Wildman–Crippen MR) is 77.4 cm³/mol. The number of likely N-dealkylation sites (tertiary alicyclic amines) is 1. The smallest absolute Gasteiger partial charge is 0.00964 e. The molecule has 0 aromatic heterocycles. The first-order chi connectivity index (χ1) is 7.43. The van der Waals surface area contributed by atoms with Crippen LogP contribution < -0.4 is 5.32 Å². The molecule has 3 aliphatic rings. The molecule has 4 heteroatoms. The molecule has 0 aromatic rings. The molecule has 0 radical (unpaired) electrons. The maximum atomic E-state index is 3.48. The molecule has 1 N–H and O–H groups in total. The molecule has 0 aromatic carbocycles. The molecule has 17 heavy (non-hydrogen) atoms. The van der Waals surface area contributed by atoms with Crippen LogP contribution >= 0.6 is 24.8 Å². The molecule has 1 aliphatic carbocycles. The summed E-state index contributed by atoms with van der Waals surface area (Å²) < 4.78 is 0. The number of rotatable bonds is 2. The summed E-state index contributed by atoms with van der Waals surface area (Å²) in [6.45, 7) is 5.35. The van der Waals surface area contributed by atoms with E-state index in [1.54, 1.807) is 0 Å². The normalized spacial score (nSPS) is 28.2. The van der Waals surface area contributed by atoms with Crippen molar-refractivity contribution < 1.29 is 0 Å². The van der Waals surface area contributed by atoms with Crippen LogP contribution in [0.3, 0.4) is 0 Å². The molecule has 0 spiro atoms. The fraction of sp³-hybridized carbons (Fsp3) is 1.00. The van der Waals surface area contributed by atoms with Gasteiger partial charge in [0.25, 0.3) is 0 Å². The number of hydrogen-bond donors (Lipinski definition) is 1. The maximum Gasteiger partial charge on any atom is 0.00964 e. The standard InChI is InChI=1S/C13H24N2.2ClH/c1-2-13(1)15-9-5-12(6-10-15)11-3-7-14-8-4-11;;/h11-14H,1-10H2;2*1H. The van der Waals surface area contributed by atoms with Crippen molar-refractivity contribution in [3.63, 3.8) is 0 Å². The highest BCUT2D eigenvalue weighted by Gasteiger charge is 2.34. The van der Waals surface area contributed by atoms with Crippen molar-refractivity contribution in [3.8, 4) is 0 Å². The zero-order chi connectivity index (χ0) is 10.1. The van der Waals surface area contributed by atoms with Gasteiger partial charge in [-0.25, -0.2) is 0 Å². The van der Waals surface area contributed by atoms with E-state index in [0.29, 0.717) is 0 Å². The van der Waals surface area contributed by atoms with Crippen molar-refractivity contribution >= 4 is 24.8 Å². The molecule has 0 bridgehead atoms. The number of nitrogens with zero attached hydrogens (tertiary/aromatic N) is 1. The van der Waals surface area contributed by atoms with Crippen LogP contribution in [-0.2, 0) is 0 Å². The Morgan fingerprint density at radius 3 is 1.76 bits per heavy atom. The highest BCUT2D eigenvalue weighted by atomic mass is 35.5. The van der Waals surface area contributed by atoms with Crippen molar-refractivity contribution in [2.45, 2.75) is 44.6 Å². The summed E-state index contributed by atoms with van der Waals surface area (Å²) >= 11 is 0. The minimum atomic E-state index is 0. The van der Waals surface area contributed by atoms with E-state index >= 15 is 0 Å². The summed E-state index contributed by atoms with van der Waals surface area (Å²) in [5.74, 6) is 2.11. The molecule has 3 rings (SSSR count). The van der Waals surface area contributed by atoms with Gasteiger partial charge in [0, 0.05) is 6.04 Å². The summed E-state index contributed by atoms with van der Waals surface area (Å²) in [6.07, 6.45) is 8.82. The first kappa shape index (κ1) is 15.6. The van der Waals surface area contributed by atoms with E-state index in [2.05, 4.69) is 10.2 Å². The average Bonchev–Trinajstić information content (AvgIpc) is 3.15. The molecule has 0 atom stereocenters. The van der Waals surface area contributed by atoms with Crippen LogP contribution in [0, 0.1) is 11.8 Å². The Kier molecular flexibility index (Phi) is 6.57. The molecule has 3 fully saturated rings. The third-order valence-corrected chi connectivity index (χ3v) is 4.69. The number of nitrogens with one attached hydrogen (secondary N) is 1. The minimum Gasteiger partial charge on any atom is -0.317 e. The van der Waals surface area contributed by atoms with Gasteiger partial charge in [0.05, 0.1) is 0 Å². The Labute approximate surface area is 118 Å². The van der Waals surface area contributed by atoms with Gasteiger partial charge in [-0.15, -0.1) is 24.8 Å². The summed E-state index contributed by atoms with van der Waals surface area (Å²) in [6, 6.07) is 0.999. The lowest BCUT2D eigenvalue weighted by Gasteiger charge is -2.37. The fourth-order valence-corrected chi connectivity index (χ4v) is 3.51. The van der Waals surface area contributed by atoms with Gasteiger partial charge in [-0.05, 0) is 76.5 Å². The summed E-state index contributed by atoms with van der Waals surface area (Å²) in [7, 11) is 0. The van der Waals surface area contributed by atoms with Crippen molar-refractivity contribution in [2.75, 3.05) is 26.2 Å². The number of hydrogen-bond acceptors (Lipinski definition) is 2. The van der Waals surface area contributed by atoms with Crippen LogP contribution in [0.2, 0.25) is 0 Å². The number of halogens is 2. The summed E-state index contributed by atoms with van der Waals surface area (Å²) in [5.41, 5.74) is 0. The van der Waals surface area contributed by atoms with E-state index in [4.69, 9.17) is 0 Å². The Morgan fingerprint density at radius 1 is 0.706 bits per heavy atom. The highest BCUT2D eigenvalue weighted by Crippen LogP contribution is 2.35. The van der Waals surface area contributed by atoms with Gasteiger partial charge in [0.1, 0.15) is 0 Å². The van der Waals surface area contributed by atoms with Gasteiger partial charge in [-0.1, -0.05) is 0 Å². The second-order valence-corrected chi connectivity index (χ2v) is 5.69. The largest absolute Gasteiger partial charge is 0.317 e. The molecule has 0 unspecified atom stereocenters. The van der Waals surface area contributed by atoms with E-state index < -0.39 is 0 Å². The second-order valence-electron chi connectivity index (χ2n) is 5.69. The lowest BCUT2D eigenvalue weighted by Crippen LogP contribution is -2.40. The Balaban J connectivity index is 0.000000722. The van der Waals surface area contributed by atoms with E-state index in [-0.39, 0.29) is 24.8 Å². The van der Waals surface area contributed by atoms with E-state index in [1.165, 1.54) is 64.7 Å². The lowest BCUT2D eigenvalue weighted by atomic mass is 9.79. The molecular weight excluding hydrogens is 255 g/mol. The van der Waals surface area contributed by atoms with Crippen LogP contribution in [-0.4, -0.2) is 37.1 Å². The van der Waals surface area contributed by atoms with Crippen molar-refractivity contribution in [1.29, 1.82) is 0 Å². The van der Waals surface area contributed by atoms with Crippen LogP contribution in [0.15, 0.2) is 0 Å². The van der Waals surface area contributed by atoms with Crippen LogP contribution in [0.4, 0.5) is 0 Å². The Morgan fingerprint density at radius 2 is 1.24 bits per heavy atom. The Bertz CT molecular complexity index is 207. The van der Waals surface area contributed by atoms with E-state index in [9.17, 15) is 0 Å². The van der Waals surface area contributed by atoms with E-state index in [1.807, 2.05) is 0 Å². The van der Waals surface area contributed by atoms with Crippen LogP contribution in [0.25, 0.3) is 0 Å². The first-order valence-corrected chi connectivity index (χ1v) is 6.88. The highest BCUT2D eigenvalue weighted by molar-refractivity contribution is 5.85. The van der Waals surface area contributed by atoms with Gasteiger partial charge in [-0.3, -0.25) is 0 Å². The lowest BCUT2D eigenvalue weighted by molar-refractivity contribution is 0.125. The third-order valence-electron chi connectivity index (χ3n) is 4.69. The van der Waals surface area contributed by atoms with Crippen molar-refractivity contribution in [3.05, 3.63) is 0 Å². The average molecular weight is 281 g/mol. The van der Waals surface area contributed by atoms with Gasteiger partial charge in [0.15, 0.2) is 0 Å². The van der Waals surface area contributed by atoms with Gasteiger partial charge >= 0.3 is 0 Å². The van der Waals surface area contributed by atoms with Gasteiger partial charge < -0.3 is 10.2 Å². The zero-order valence-corrected chi connectivity index (χ0v) is 12.2. The molecular formula is C13H26Cl2N2. The summed E-state index contributed by atoms with van der Waals surface area (Å²) in [4.78, 5) is 2.75. The predicted octanol–water partition coefficient (Wildman–Crippen LogP) is 2.70. The second kappa shape index (κ2) is 7.18. The van der Waals surface area contributed by atoms with Crippen LogP contribution in [0.1, 0.15) is 38.5 Å². The SMILES string of the molecule is C1CC(C2CCN(C3CC3)CC2)CCN1.Cl.Cl. The molecule has 1 saturated carbocycles. The molecule has 2 aliphatic heterocycles. The first-order valence-electron chi connectivity index (χ1n) is 6.88.